The van der Waals surface area contributed by atoms with Crippen LogP contribution in [0, 0.1) is 0 Å². The lowest BCUT2D eigenvalue weighted by Gasteiger charge is -2.42. The van der Waals surface area contributed by atoms with Crippen LogP contribution in [0.25, 0.3) is 0 Å². The Labute approximate surface area is 200 Å². The summed E-state index contributed by atoms with van der Waals surface area (Å²) in [5.74, 6) is -2.96. The molecule has 0 aromatic heterocycles. The first-order valence-electron chi connectivity index (χ1n) is 10.8. The summed E-state index contributed by atoms with van der Waals surface area (Å²) in [6.45, 7) is 0.907. The average molecular weight is 522 g/mol. The molecule has 35 heavy (non-hydrogen) atoms. The van der Waals surface area contributed by atoms with E-state index in [-0.39, 0.29) is 6.42 Å². The minimum absolute atomic E-state index is 0.285. The van der Waals surface area contributed by atoms with Gasteiger partial charge in [0.15, 0.2) is 6.10 Å². The fourth-order valence-corrected chi connectivity index (χ4v) is 3.97. The van der Waals surface area contributed by atoms with E-state index in [1.54, 1.807) is 0 Å². The molecule has 1 fully saturated rings. The number of benzene rings is 1. The molecule has 198 valence electrons. The van der Waals surface area contributed by atoms with Gasteiger partial charge in [0.2, 0.25) is 0 Å². The third kappa shape index (κ3) is 9.20. The van der Waals surface area contributed by atoms with Crippen LogP contribution in [0.4, 0.5) is 0 Å². The van der Waals surface area contributed by atoms with E-state index in [1.165, 1.54) is 0 Å². The van der Waals surface area contributed by atoms with Crippen molar-refractivity contribution < 1.29 is 58.4 Å². The van der Waals surface area contributed by atoms with E-state index in [0.29, 0.717) is 26.1 Å². The second-order valence-corrected chi connectivity index (χ2v) is 9.20. The van der Waals surface area contributed by atoms with Crippen LogP contribution in [-0.4, -0.2) is 91.5 Å². The van der Waals surface area contributed by atoms with Crippen molar-refractivity contribution in [1.82, 2.24) is 5.32 Å². The van der Waals surface area contributed by atoms with Gasteiger partial charge < -0.3 is 50.7 Å². The van der Waals surface area contributed by atoms with Crippen LogP contribution in [0.1, 0.15) is 24.8 Å². The van der Waals surface area contributed by atoms with E-state index < -0.39 is 62.5 Å². The molecule has 0 bridgehead atoms. The molecule has 2 rings (SSSR count). The van der Waals surface area contributed by atoms with Gasteiger partial charge in [-0.25, -0.2) is 9.36 Å². The Morgan fingerprint density at radius 3 is 2.17 bits per heavy atom. The second-order valence-electron chi connectivity index (χ2n) is 8.01. The van der Waals surface area contributed by atoms with Gasteiger partial charge in [0.05, 0.1) is 12.8 Å². The number of esters is 1. The highest BCUT2D eigenvalue weighted by Gasteiger charge is 2.53. The van der Waals surface area contributed by atoms with Crippen molar-refractivity contribution in [3.63, 3.8) is 0 Å². The largest absolute Gasteiger partial charge is 0.470 e. The molecule has 1 unspecified atom stereocenters. The number of hydrogen-bond acceptors (Lipinski definition) is 11. The third-order valence-corrected chi connectivity index (χ3v) is 5.73. The van der Waals surface area contributed by atoms with Crippen molar-refractivity contribution in [1.29, 1.82) is 0 Å². The Kier molecular flexibility index (Phi) is 11.2. The molecule has 1 aromatic rings. The summed E-state index contributed by atoms with van der Waals surface area (Å²) in [6.07, 6.45) is -12.1. The normalized spacial score (nSPS) is 27.7. The monoisotopic (exact) mass is 522 g/mol. The fourth-order valence-electron chi connectivity index (χ4n) is 3.41. The van der Waals surface area contributed by atoms with E-state index in [1.807, 2.05) is 30.3 Å². The first-order valence-corrected chi connectivity index (χ1v) is 12.3. The van der Waals surface area contributed by atoms with Crippen LogP contribution in [0.3, 0.4) is 0 Å². The minimum atomic E-state index is -5.30. The van der Waals surface area contributed by atoms with Gasteiger partial charge in [-0.15, -0.1) is 0 Å². The molecule has 1 amide bonds. The van der Waals surface area contributed by atoms with E-state index in [9.17, 15) is 34.6 Å². The van der Waals surface area contributed by atoms with Crippen molar-refractivity contribution in [3.05, 3.63) is 35.9 Å². The summed E-state index contributed by atoms with van der Waals surface area (Å²) < 4.78 is 25.8. The first-order chi connectivity index (χ1) is 16.4. The van der Waals surface area contributed by atoms with Gasteiger partial charge in [0.1, 0.15) is 30.5 Å². The maximum atomic E-state index is 12.2. The summed E-state index contributed by atoms with van der Waals surface area (Å²) in [6, 6.07) is 9.57. The number of aliphatic hydroxyl groups is 4. The van der Waals surface area contributed by atoms with Crippen molar-refractivity contribution in [2.45, 2.75) is 68.7 Å². The lowest BCUT2D eigenvalue weighted by molar-refractivity contribution is -0.230. The predicted octanol–water partition coefficient (Wildman–Crippen LogP) is -2.38. The minimum Gasteiger partial charge on any atom is -0.449 e. The van der Waals surface area contributed by atoms with Crippen LogP contribution in [-0.2, 0) is 34.8 Å². The Hall–Kier alpha value is -1.97. The summed E-state index contributed by atoms with van der Waals surface area (Å²) in [5.41, 5.74) is 6.81. The van der Waals surface area contributed by atoms with E-state index in [2.05, 4.69) is 9.84 Å². The molecule has 14 nitrogen and oxygen atoms in total. The highest BCUT2D eigenvalue weighted by atomic mass is 31.2. The Morgan fingerprint density at radius 1 is 0.971 bits per heavy atom. The lowest BCUT2D eigenvalue weighted by Crippen LogP contribution is -2.65. The standard InChI is InChI=1S/C20H31N2O12P/c21-12(8-4-5-9-32-10-11-6-2-1-3-7-11)22-19(27)20(28)33-17-15(25)13(23)14(24)16(26)18(17)34-35(29,30)31/h1-3,6-7,12-18,23-26H,4-5,8-10,21H2,(H,22,27)(H2,29,30,31)/t12?,13-,14-,15+,16+,17+,18-/m1/s1. The maximum Gasteiger partial charge on any atom is 0.470 e. The fraction of sp³-hybridized carbons (Fsp3) is 0.600. The number of ether oxygens (including phenoxy) is 2. The highest BCUT2D eigenvalue weighted by molar-refractivity contribution is 7.46. The zero-order valence-electron chi connectivity index (χ0n) is 18.6. The van der Waals surface area contributed by atoms with Crippen molar-refractivity contribution >= 4 is 19.7 Å². The topological polar surface area (TPSA) is 238 Å². The molecule has 9 N–H and O–H groups in total. The molecule has 0 spiro atoms. The van der Waals surface area contributed by atoms with Crippen molar-refractivity contribution in [3.8, 4) is 0 Å². The van der Waals surface area contributed by atoms with E-state index in [4.69, 9.17) is 25.0 Å². The summed E-state index contributed by atoms with van der Waals surface area (Å²) in [5, 5.41) is 41.7. The van der Waals surface area contributed by atoms with Crippen molar-refractivity contribution in [2.24, 2.45) is 5.73 Å². The molecular weight excluding hydrogens is 491 g/mol. The van der Waals surface area contributed by atoms with Gasteiger partial charge in [-0.2, -0.15) is 0 Å². The van der Waals surface area contributed by atoms with E-state index >= 15 is 0 Å². The quantitative estimate of drug-likeness (QED) is 0.0499. The molecule has 0 aliphatic heterocycles. The van der Waals surface area contributed by atoms with Gasteiger partial charge in [0, 0.05) is 6.61 Å². The SMILES string of the molecule is NC(CCCCOCc1ccccc1)NC(=O)C(=O)O[C@H]1[C@@H](O)[C@H](O)[C@@H](O)[C@H](O)[C@H]1OP(=O)(O)O. The molecule has 7 atom stereocenters. The number of unbranched alkanes of at least 4 members (excludes halogenated alkanes) is 1. The van der Waals surface area contributed by atoms with Crippen LogP contribution in [0.5, 0.6) is 0 Å². The number of rotatable bonds is 11. The summed E-state index contributed by atoms with van der Waals surface area (Å²) in [4.78, 5) is 42.3. The van der Waals surface area contributed by atoms with Gasteiger partial charge in [-0.3, -0.25) is 9.32 Å². The summed E-state index contributed by atoms with van der Waals surface area (Å²) >= 11 is 0. The molecule has 0 radical (unpaired) electrons. The Balaban J connectivity index is 1.80. The molecular formula is C20H31N2O12P. The molecule has 1 saturated carbocycles. The van der Waals surface area contributed by atoms with Crippen LogP contribution < -0.4 is 11.1 Å². The van der Waals surface area contributed by atoms with Gasteiger partial charge >= 0.3 is 19.7 Å². The number of nitrogens with two attached hydrogens (primary N) is 1. The first kappa shape index (κ1) is 29.3. The van der Waals surface area contributed by atoms with Gasteiger partial charge in [0.25, 0.3) is 0 Å². The average Bonchev–Trinajstić information content (AvgIpc) is 2.80. The van der Waals surface area contributed by atoms with Crippen LogP contribution in [0.15, 0.2) is 30.3 Å². The number of phosphoric ester groups is 1. The number of nitrogens with one attached hydrogen (secondary N) is 1. The number of carbonyl (C=O) groups is 2. The molecule has 1 aromatic carbocycles. The molecule has 0 saturated heterocycles. The van der Waals surface area contributed by atoms with Crippen molar-refractivity contribution in [2.75, 3.05) is 6.61 Å². The zero-order chi connectivity index (χ0) is 26.2. The number of phosphoric acid groups is 1. The molecule has 0 heterocycles. The Bertz CT molecular complexity index is 869. The molecule has 1 aliphatic rings. The smallest absolute Gasteiger partial charge is 0.449 e. The number of amides is 1. The highest BCUT2D eigenvalue weighted by Crippen LogP contribution is 2.42. The number of aliphatic hydroxyl groups excluding tert-OH is 4. The lowest BCUT2D eigenvalue weighted by atomic mass is 9.85. The van der Waals surface area contributed by atoms with Crippen LogP contribution >= 0.6 is 7.82 Å². The van der Waals surface area contributed by atoms with Gasteiger partial charge in [-0.05, 0) is 24.8 Å². The van der Waals surface area contributed by atoms with Gasteiger partial charge in [-0.1, -0.05) is 30.3 Å². The third-order valence-electron chi connectivity index (χ3n) is 5.22. The number of hydrogen-bond donors (Lipinski definition) is 8. The van der Waals surface area contributed by atoms with E-state index in [0.717, 1.165) is 5.56 Å². The molecule has 1 aliphatic carbocycles. The number of carbonyl (C=O) groups excluding carboxylic acids is 2. The maximum absolute atomic E-state index is 12.2. The van der Waals surface area contributed by atoms with Crippen LogP contribution in [0.2, 0.25) is 0 Å². The second kappa shape index (κ2) is 13.4. The summed E-state index contributed by atoms with van der Waals surface area (Å²) in [7, 11) is -5.30. The molecule has 15 heteroatoms. The Morgan fingerprint density at radius 2 is 1.57 bits per heavy atom. The zero-order valence-corrected chi connectivity index (χ0v) is 19.5. The predicted molar refractivity (Wildman–Crippen MR) is 117 cm³/mol.